The summed E-state index contributed by atoms with van der Waals surface area (Å²) in [5, 5.41) is 12.8. The highest BCUT2D eigenvalue weighted by molar-refractivity contribution is 7.89. The highest BCUT2D eigenvalue weighted by Crippen LogP contribution is 2.45. The van der Waals surface area contributed by atoms with Crippen molar-refractivity contribution in [2.45, 2.75) is 88.2 Å². The molecule has 3 amide bonds. The SMILES string of the molecule is O=C1N[C@]2(C(=O)O)C[C@H]2/C=C\CCCCC[C@H](N2CCCS2(=O)=O)C(=O)N2C[C@H](OC(=O)N3Cc4cc5c(cc4C3)OCCO5)C[C@@H]12. The second kappa shape index (κ2) is 12.3. The van der Waals surface area contributed by atoms with Crippen molar-refractivity contribution in [1.82, 2.24) is 19.4 Å². The third kappa shape index (κ3) is 6.03. The highest BCUT2D eigenvalue weighted by Gasteiger charge is 2.61. The summed E-state index contributed by atoms with van der Waals surface area (Å²) in [6.45, 7) is 1.55. The van der Waals surface area contributed by atoms with Crippen LogP contribution in [0.2, 0.25) is 0 Å². The summed E-state index contributed by atoms with van der Waals surface area (Å²) in [5.41, 5.74) is 0.325. The summed E-state index contributed by atoms with van der Waals surface area (Å²) in [7, 11) is -3.66. The summed E-state index contributed by atoms with van der Waals surface area (Å²) in [6.07, 6.45) is 6.05. The Hall–Kier alpha value is -3.85. The Morgan fingerprint density at radius 3 is 2.38 bits per heavy atom. The van der Waals surface area contributed by atoms with Gasteiger partial charge in [-0.15, -0.1) is 0 Å². The molecule has 3 fully saturated rings. The molecule has 5 aliphatic heterocycles. The molecule has 15 heteroatoms. The van der Waals surface area contributed by atoms with Gasteiger partial charge in [-0.25, -0.2) is 18.0 Å². The van der Waals surface area contributed by atoms with Gasteiger partial charge in [-0.2, -0.15) is 4.31 Å². The van der Waals surface area contributed by atoms with Gasteiger partial charge in [-0.1, -0.05) is 25.0 Å². The van der Waals surface area contributed by atoms with E-state index in [2.05, 4.69) is 5.32 Å². The predicted molar refractivity (Wildman–Crippen MR) is 165 cm³/mol. The number of carbonyl (C=O) groups excluding carboxylic acids is 3. The molecule has 2 N–H and O–H groups in total. The lowest BCUT2D eigenvalue weighted by molar-refractivity contribution is -0.146. The molecule has 7 rings (SSSR count). The number of aliphatic carboxylic acids is 1. The second-order valence-corrected chi connectivity index (χ2v) is 15.3. The van der Waals surface area contributed by atoms with Gasteiger partial charge in [0.05, 0.1) is 12.3 Å². The van der Waals surface area contributed by atoms with Crippen LogP contribution in [0.4, 0.5) is 4.79 Å². The highest BCUT2D eigenvalue weighted by atomic mass is 32.2. The molecule has 1 saturated carbocycles. The van der Waals surface area contributed by atoms with E-state index in [0.717, 1.165) is 24.0 Å². The van der Waals surface area contributed by atoms with E-state index in [9.17, 15) is 32.7 Å². The number of amides is 3. The molecule has 1 aromatic rings. The van der Waals surface area contributed by atoms with Crippen LogP contribution in [0.3, 0.4) is 0 Å². The molecule has 5 atom stereocenters. The van der Waals surface area contributed by atoms with Crippen molar-refractivity contribution in [2.24, 2.45) is 5.92 Å². The molecule has 0 unspecified atom stereocenters. The number of benzene rings is 1. The molecule has 14 nitrogen and oxygen atoms in total. The first-order valence-corrected chi connectivity index (χ1v) is 18.1. The van der Waals surface area contributed by atoms with Crippen LogP contribution < -0.4 is 14.8 Å². The molecule has 1 aromatic carbocycles. The van der Waals surface area contributed by atoms with Crippen LogP contribution in [0.1, 0.15) is 62.5 Å². The largest absolute Gasteiger partial charge is 0.486 e. The number of ether oxygens (including phenoxy) is 3. The Kier molecular flexibility index (Phi) is 8.31. The van der Waals surface area contributed by atoms with Gasteiger partial charge in [-0.05, 0) is 55.4 Å². The first kappa shape index (κ1) is 31.7. The first-order valence-electron chi connectivity index (χ1n) is 16.4. The minimum atomic E-state index is -3.66. The van der Waals surface area contributed by atoms with Gasteiger partial charge in [0.25, 0.3) is 0 Å². The zero-order chi connectivity index (χ0) is 32.9. The van der Waals surface area contributed by atoms with Gasteiger partial charge in [0.1, 0.15) is 36.9 Å². The number of hydrogen-bond donors (Lipinski definition) is 2. The third-order valence-electron chi connectivity index (χ3n) is 10.2. The average Bonchev–Trinajstić information content (AvgIpc) is 3.31. The van der Waals surface area contributed by atoms with E-state index >= 15 is 0 Å². The Bertz CT molecular complexity index is 1580. The van der Waals surface area contributed by atoms with Crippen LogP contribution in [-0.4, -0.2) is 107 Å². The van der Waals surface area contributed by atoms with E-state index in [0.29, 0.717) is 50.4 Å². The Morgan fingerprint density at radius 1 is 1.00 bits per heavy atom. The normalized spacial score (nSPS) is 32.7. The number of rotatable bonds is 3. The number of sulfonamides is 1. The molecular weight excluding hydrogens is 632 g/mol. The average molecular weight is 673 g/mol. The van der Waals surface area contributed by atoms with Crippen molar-refractivity contribution < 1.29 is 46.9 Å². The van der Waals surface area contributed by atoms with E-state index in [1.807, 2.05) is 24.3 Å². The number of nitrogens with zero attached hydrogens (tertiary/aromatic N) is 3. The Balaban J connectivity index is 1.12. The summed E-state index contributed by atoms with van der Waals surface area (Å²) in [5.74, 6) is -1.53. The second-order valence-electron chi connectivity index (χ2n) is 13.3. The topological polar surface area (TPSA) is 172 Å². The fourth-order valence-corrected chi connectivity index (χ4v) is 9.27. The van der Waals surface area contributed by atoms with Gasteiger partial charge in [0.15, 0.2) is 11.5 Å². The van der Waals surface area contributed by atoms with Gasteiger partial charge in [0.2, 0.25) is 21.8 Å². The van der Waals surface area contributed by atoms with Crippen molar-refractivity contribution in [3.05, 3.63) is 35.4 Å². The maximum atomic E-state index is 14.3. The lowest BCUT2D eigenvalue weighted by atomic mass is 10.0. The smallest absolute Gasteiger partial charge is 0.410 e. The molecule has 6 aliphatic rings. The van der Waals surface area contributed by atoms with Gasteiger partial charge >= 0.3 is 12.1 Å². The van der Waals surface area contributed by atoms with Crippen LogP contribution in [0.5, 0.6) is 11.5 Å². The number of fused-ring (bicyclic) bond motifs is 4. The van der Waals surface area contributed by atoms with Gasteiger partial charge < -0.3 is 29.5 Å². The lowest BCUT2D eigenvalue weighted by Crippen LogP contribution is -2.56. The number of carbonyl (C=O) groups is 4. The minimum Gasteiger partial charge on any atom is -0.486 e. The summed E-state index contributed by atoms with van der Waals surface area (Å²) >= 11 is 0. The molecule has 1 aliphatic carbocycles. The predicted octanol–water partition coefficient (Wildman–Crippen LogP) is 1.76. The maximum absolute atomic E-state index is 14.3. The van der Waals surface area contributed by atoms with E-state index in [1.54, 1.807) is 0 Å². The van der Waals surface area contributed by atoms with E-state index in [4.69, 9.17) is 14.2 Å². The van der Waals surface area contributed by atoms with Gasteiger partial charge in [0, 0.05) is 32.0 Å². The molecule has 0 spiro atoms. The van der Waals surface area contributed by atoms with Crippen LogP contribution in [0.15, 0.2) is 24.3 Å². The molecule has 0 radical (unpaired) electrons. The lowest BCUT2D eigenvalue weighted by Gasteiger charge is -2.32. The molecule has 5 heterocycles. The molecule has 254 valence electrons. The van der Waals surface area contributed by atoms with Crippen LogP contribution in [-0.2, 0) is 42.2 Å². The fourth-order valence-electron chi connectivity index (χ4n) is 7.55. The third-order valence-corrected chi connectivity index (χ3v) is 12.1. The summed E-state index contributed by atoms with van der Waals surface area (Å²) in [6, 6.07) is 1.57. The van der Waals surface area contributed by atoms with Crippen molar-refractivity contribution in [2.75, 3.05) is 32.1 Å². The maximum Gasteiger partial charge on any atom is 0.410 e. The van der Waals surface area contributed by atoms with E-state index in [-0.39, 0.29) is 50.7 Å². The number of carboxylic acids is 1. The van der Waals surface area contributed by atoms with Crippen molar-refractivity contribution in [3.8, 4) is 11.5 Å². The summed E-state index contributed by atoms with van der Waals surface area (Å²) in [4.78, 5) is 56.7. The number of nitrogens with one attached hydrogen (secondary N) is 1. The van der Waals surface area contributed by atoms with E-state index in [1.165, 1.54) is 14.1 Å². The monoisotopic (exact) mass is 672 g/mol. The molecule has 2 saturated heterocycles. The van der Waals surface area contributed by atoms with Crippen molar-refractivity contribution in [1.29, 1.82) is 0 Å². The fraction of sp³-hybridized carbons (Fsp3) is 0.625. The molecule has 0 bridgehead atoms. The first-order chi connectivity index (χ1) is 22.6. The minimum absolute atomic E-state index is 0.0459. The number of allylic oxidation sites excluding steroid dienone is 1. The molecular formula is C32H40N4O10S. The zero-order valence-electron chi connectivity index (χ0n) is 26.1. The van der Waals surface area contributed by atoms with Crippen LogP contribution >= 0.6 is 0 Å². The van der Waals surface area contributed by atoms with Crippen LogP contribution in [0, 0.1) is 5.92 Å². The quantitative estimate of drug-likeness (QED) is 0.451. The van der Waals surface area contributed by atoms with Gasteiger partial charge in [-0.3, -0.25) is 14.5 Å². The Morgan fingerprint density at radius 2 is 1.72 bits per heavy atom. The molecule has 0 aromatic heterocycles. The summed E-state index contributed by atoms with van der Waals surface area (Å²) < 4.78 is 44.5. The molecule has 47 heavy (non-hydrogen) atoms. The van der Waals surface area contributed by atoms with Crippen molar-refractivity contribution in [3.63, 3.8) is 0 Å². The number of carboxylic acid groups (broad SMARTS) is 1. The standard InChI is InChI=1S/C32H40N4O10S/c37-28-25-15-23(46-31(41)34-17-20-13-26-27(14-21(20)18-34)45-11-10-44-26)19-35(25)29(38)24(36-9-6-12-47(36,42)43)8-5-3-1-2-4-7-22-16-32(22,33-28)30(39)40/h4,7,13-14,22-25H,1-3,5-6,8-12,15-19H2,(H,33,37)(H,39,40)/b7-4-/t22-,23-,24+,25+,32-/m1/s1. The van der Waals surface area contributed by atoms with E-state index < -0.39 is 57.6 Å². The van der Waals surface area contributed by atoms with Crippen LogP contribution in [0.25, 0.3) is 0 Å². The number of hydrogen-bond acceptors (Lipinski definition) is 9. The van der Waals surface area contributed by atoms with Crippen molar-refractivity contribution >= 4 is 33.9 Å². The zero-order valence-corrected chi connectivity index (χ0v) is 26.9. The Labute approximate surface area is 273 Å².